The van der Waals surface area contributed by atoms with Crippen LogP contribution in [-0.2, 0) is 0 Å². The Morgan fingerprint density at radius 2 is 2.06 bits per heavy atom. The first-order chi connectivity index (χ1) is 7.74. The summed E-state index contributed by atoms with van der Waals surface area (Å²) in [6.45, 7) is 5.03. The number of rotatable bonds is 3. The van der Waals surface area contributed by atoms with Gasteiger partial charge in [-0.05, 0) is 44.5 Å². The van der Waals surface area contributed by atoms with Gasteiger partial charge in [0.05, 0.1) is 10.5 Å². The molecule has 5 heteroatoms. The van der Waals surface area contributed by atoms with E-state index in [-0.39, 0.29) is 16.7 Å². The van der Waals surface area contributed by atoms with Crippen LogP contribution in [0.1, 0.15) is 29.8 Å². The molecule has 0 radical (unpaired) electrons. The van der Waals surface area contributed by atoms with Gasteiger partial charge in [0, 0.05) is 5.56 Å². The van der Waals surface area contributed by atoms with Crippen molar-refractivity contribution >= 4 is 23.1 Å². The number of amides is 1. The molecule has 0 saturated heterocycles. The van der Waals surface area contributed by atoms with E-state index < -0.39 is 5.54 Å². The van der Waals surface area contributed by atoms with E-state index in [4.69, 9.17) is 18.0 Å². The molecule has 0 heterocycles. The molecule has 1 amide bonds. The maximum atomic E-state index is 13.1. The molecule has 0 fully saturated rings. The highest BCUT2D eigenvalue weighted by molar-refractivity contribution is 7.80. The summed E-state index contributed by atoms with van der Waals surface area (Å²) < 4.78 is 13.1. The van der Waals surface area contributed by atoms with Crippen molar-refractivity contribution < 1.29 is 9.18 Å². The van der Waals surface area contributed by atoms with Crippen molar-refractivity contribution in [2.45, 2.75) is 26.3 Å². The number of hydrogen-bond acceptors (Lipinski definition) is 2. The number of halogens is 1. The van der Waals surface area contributed by atoms with Gasteiger partial charge in [-0.3, -0.25) is 4.79 Å². The molecule has 0 spiro atoms. The fraction of sp³-hybridized carbons (Fsp3) is 0.333. The Morgan fingerprint density at radius 1 is 1.47 bits per heavy atom. The van der Waals surface area contributed by atoms with Crippen LogP contribution in [0.15, 0.2) is 18.2 Å². The minimum atomic E-state index is -0.769. The summed E-state index contributed by atoms with van der Waals surface area (Å²) in [5.74, 6) is -0.666. The standard InChI is InChI=1S/C12H15FN2OS/c1-7-6-8(4-5-9(7)13)10(16)15-12(2,3)11(14)17/h4-6H,1-3H3,(H2,14,17)(H,15,16). The van der Waals surface area contributed by atoms with E-state index in [0.717, 1.165) is 0 Å². The topological polar surface area (TPSA) is 55.1 Å². The summed E-state index contributed by atoms with van der Waals surface area (Å²) in [7, 11) is 0. The summed E-state index contributed by atoms with van der Waals surface area (Å²) >= 11 is 4.85. The van der Waals surface area contributed by atoms with Crippen molar-refractivity contribution in [2.75, 3.05) is 0 Å². The molecule has 0 aliphatic rings. The first-order valence-corrected chi connectivity index (χ1v) is 5.53. The van der Waals surface area contributed by atoms with E-state index in [2.05, 4.69) is 5.32 Å². The molecule has 0 saturated carbocycles. The molecule has 3 N–H and O–H groups in total. The van der Waals surface area contributed by atoms with Gasteiger partial charge in [0.1, 0.15) is 5.82 Å². The minimum absolute atomic E-state index is 0.199. The third kappa shape index (κ3) is 3.23. The lowest BCUT2D eigenvalue weighted by Gasteiger charge is -2.24. The number of nitrogens with one attached hydrogen (secondary N) is 1. The Kier molecular flexibility index (Phi) is 3.83. The quantitative estimate of drug-likeness (QED) is 0.810. The average molecular weight is 254 g/mol. The molecular weight excluding hydrogens is 239 g/mol. The zero-order valence-electron chi connectivity index (χ0n) is 10.0. The highest BCUT2D eigenvalue weighted by Crippen LogP contribution is 2.11. The van der Waals surface area contributed by atoms with Gasteiger partial charge >= 0.3 is 0 Å². The number of thiocarbonyl (C=S) groups is 1. The smallest absolute Gasteiger partial charge is 0.252 e. The number of hydrogen-bond donors (Lipinski definition) is 2. The van der Waals surface area contributed by atoms with E-state index in [0.29, 0.717) is 11.1 Å². The fourth-order valence-corrected chi connectivity index (χ4v) is 1.25. The first kappa shape index (κ1) is 13.6. The fourth-order valence-electron chi connectivity index (χ4n) is 1.20. The van der Waals surface area contributed by atoms with Crippen LogP contribution in [0, 0.1) is 12.7 Å². The van der Waals surface area contributed by atoms with Gasteiger partial charge in [0.25, 0.3) is 5.91 Å². The Morgan fingerprint density at radius 3 is 2.53 bits per heavy atom. The predicted molar refractivity (Wildman–Crippen MR) is 69.5 cm³/mol. The Bertz CT molecular complexity index is 472. The van der Waals surface area contributed by atoms with Crippen molar-refractivity contribution in [3.63, 3.8) is 0 Å². The molecule has 0 bridgehead atoms. The summed E-state index contributed by atoms with van der Waals surface area (Å²) in [4.78, 5) is 12.1. The van der Waals surface area contributed by atoms with Crippen molar-refractivity contribution in [2.24, 2.45) is 5.73 Å². The lowest BCUT2D eigenvalue weighted by atomic mass is 10.0. The number of benzene rings is 1. The third-order valence-electron chi connectivity index (χ3n) is 2.46. The Balaban J connectivity index is 2.91. The van der Waals surface area contributed by atoms with Crippen LogP contribution < -0.4 is 11.1 Å². The van der Waals surface area contributed by atoms with Crippen LogP contribution in [0.4, 0.5) is 4.39 Å². The average Bonchev–Trinajstić information content (AvgIpc) is 2.21. The lowest BCUT2D eigenvalue weighted by Crippen LogP contribution is -2.52. The van der Waals surface area contributed by atoms with E-state index in [1.165, 1.54) is 18.2 Å². The number of carbonyl (C=O) groups excluding carboxylic acids is 1. The van der Waals surface area contributed by atoms with Crippen molar-refractivity contribution in [3.05, 3.63) is 35.1 Å². The van der Waals surface area contributed by atoms with Gasteiger partial charge in [0.2, 0.25) is 0 Å². The van der Waals surface area contributed by atoms with E-state index >= 15 is 0 Å². The Labute approximate surface area is 105 Å². The van der Waals surface area contributed by atoms with Crippen LogP contribution in [0.5, 0.6) is 0 Å². The number of aryl methyl sites for hydroxylation is 1. The molecule has 1 aromatic rings. The van der Waals surface area contributed by atoms with Gasteiger partial charge in [0.15, 0.2) is 0 Å². The van der Waals surface area contributed by atoms with Gasteiger partial charge in [-0.1, -0.05) is 12.2 Å². The van der Waals surface area contributed by atoms with Crippen molar-refractivity contribution in [1.29, 1.82) is 0 Å². The number of nitrogens with two attached hydrogens (primary N) is 1. The second-order valence-electron chi connectivity index (χ2n) is 4.41. The summed E-state index contributed by atoms with van der Waals surface area (Å²) in [5.41, 5.74) is 5.54. The molecule has 3 nitrogen and oxygen atoms in total. The predicted octanol–water partition coefficient (Wildman–Crippen LogP) is 1.93. The highest BCUT2D eigenvalue weighted by Gasteiger charge is 2.24. The van der Waals surface area contributed by atoms with Crippen LogP contribution >= 0.6 is 12.2 Å². The molecule has 0 aromatic heterocycles. The number of carbonyl (C=O) groups is 1. The van der Waals surface area contributed by atoms with E-state index in [9.17, 15) is 9.18 Å². The molecule has 0 aliphatic heterocycles. The second-order valence-corrected chi connectivity index (χ2v) is 4.85. The molecule has 1 rings (SSSR count). The largest absolute Gasteiger partial charge is 0.391 e. The summed E-state index contributed by atoms with van der Waals surface area (Å²) in [5, 5.41) is 2.69. The highest BCUT2D eigenvalue weighted by atomic mass is 32.1. The van der Waals surface area contributed by atoms with Crippen molar-refractivity contribution in [3.8, 4) is 0 Å². The zero-order chi connectivity index (χ0) is 13.2. The molecule has 0 atom stereocenters. The van der Waals surface area contributed by atoms with E-state index in [1.807, 2.05) is 0 Å². The van der Waals surface area contributed by atoms with E-state index in [1.54, 1.807) is 20.8 Å². The zero-order valence-corrected chi connectivity index (χ0v) is 10.8. The van der Waals surface area contributed by atoms with Gasteiger partial charge < -0.3 is 11.1 Å². The Hall–Kier alpha value is -1.49. The summed E-state index contributed by atoms with van der Waals surface area (Å²) in [6, 6.07) is 4.17. The normalized spacial score (nSPS) is 11.1. The second kappa shape index (κ2) is 4.79. The molecule has 0 unspecified atom stereocenters. The molecule has 92 valence electrons. The van der Waals surface area contributed by atoms with Gasteiger partial charge in [-0.15, -0.1) is 0 Å². The van der Waals surface area contributed by atoms with Crippen molar-refractivity contribution in [1.82, 2.24) is 5.32 Å². The maximum Gasteiger partial charge on any atom is 0.252 e. The summed E-state index contributed by atoms with van der Waals surface area (Å²) in [6.07, 6.45) is 0. The van der Waals surface area contributed by atoms with Crippen LogP contribution in [0.25, 0.3) is 0 Å². The molecule has 17 heavy (non-hydrogen) atoms. The van der Waals surface area contributed by atoms with Crippen LogP contribution in [0.2, 0.25) is 0 Å². The molecular formula is C12H15FN2OS. The molecule has 1 aromatic carbocycles. The molecule has 0 aliphatic carbocycles. The van der Waals surface area contributed by atoms with Crippen LogP contribution in [-0.4, -0.2) is 16.4 Å². The SMILES string of the molecule is Cc1cc(C(=O)NC(C)(C)C(N)=S)ccc1F. The lowest BCUT2D eigenvalue weighted by molar-refractivity contribution is 0.0932. The van der Waals surface area contributed by atoms with Gasteiger partial charge in [-0.2, -0.15) is 0 Å². The monoisotopic (exact) mass is 254 g/mol. The first-order valence-electron chi connectivity index (χ1n) is 5.12. The van der Waals surface area contributed by atoms with Crippen LogP contribution in [0.3, 0.4) is 0 Å². The maximum absolute atomic E-state index is 13.1. The minimum Gasteiger partial charge on any atom is -0.391 e. The third-order valence-corrected chi connectivity index (χ3v) is 2.97. The van der Waals surface area contributed by atoms with Gasteiger partial charge in [-0.25, -0.2) is 4.39 Å².